The smallest absolute Gasteiger partial charge is 0.274 e. The second kappa shape index (κ2) is 7.76. The molecule has 3 heterocycles. The summed E-state index contributed by atoms with van der Waals surface area (Å²) in [5, 5.41) is 6.95. The first-order valence-corrected chi connectivity index (χ1v) is 8.59. The molecule has 1 aromatic heterocycles. The molecule has 0 aliphatic carbocycles. The van der Waals surface area contributed by atoms with Crippen LogP contribution in [0.4, 0.5) is 0 Å². The van der Waals surface area contributed by atoms with Gasteiger partial charge in [0.1, 0.15) is 5.69 Å². The van der Waals surface area contributed by atoms with Crippen LogP contribution in [-0.4, -0.2) is 95.7 Å². The van der Waals surface area contributed by atoms with E-state index in [1.807, 2.05) is 11.8 Å². The van der Waals surface area contributed by atoms with Crippen molar-refractivity contribution in [1.29, 1.82) is 0 Å². The fourth-order valence-corrected chi connectivity index (χ4v) is 3.02. The van der Waals surface area contributed by atoms with Gasteiger partial charge in [-0.1, -0.05) is 6.92 Å². The van der Waals surface area contributed by atoms with Crippen molar-refractivity contribution in [2.45, 2.75) is 13.3 Å². The first kappa shape index (κ1) is 16.9. The van der Waals surface area contributed by atoms with Crippen molar-refractivity contribution in [2.24, 2.45) is 0 Å². The molecule has 8 nitrogen and oxygen atoms in total. The van der Waals surface area contributed by atoms with E-state index in [1.165, 1.54) is 0 Å². The highest BCUT2D eigenvalue weighted by Crippen LogP contribution is 2.09. The second-order valence-electron chi connectivity index (χ2n) is 6.19. The first-order chi connectivity index (χ1) is 11.7. The van der Waals surface area contributed by atoms with Crippen LogP contribution in [0.5, 0.6) is 0 Å². The Kier molecular flexibility index (Phi) is 5.47. The molecule has 0 bridgehead atoms. The summed E-state index contributed by atoms with van der Waals surface area (Å²) in [7, 11) is 0. The Morgan fingerprint density at radius 3 is 2.42 bits per heavy atom. The lowest BCUT2D eigenvalue weighted by molar-refractivity contribution is -0.134. The van der Waals surface area contributed by atoms with Crippen LogP contribution in [-0.2, 0) is 16.0 Å². The van der Waals surface area contributed by atoms with Crippen molar-refractivity contribution < 1.29 is 14.3 Å². The van der Waals surface area contributed by atoms with Gasteiger partial charge in [-0.05, 0) is 12.5 Å². The highest BCUT2D eigenvalue weighted by atomic mass is 16.5. The molecule has 0 radical (unpaired) electrons. The summed E-state index contributed by atoms with van der Waals surface area (Å²) in [6.07, 6.45) is 0.824. The standard InChI is InChI=1S/C16H25N5O3/c1-2-13-11-14(18-17-13)16(23)21-5-3-20(4-6-21)15(22)12-19-7-9-24-10-8-19/h11H,2-10,12H2,1H3,(H,17,18). The van der Waals surface area contributed by atoms with E-state index in [-0.39, 0.29) is 11.8 Å². The summed E-state index contributed by atoms with van der Waals surface area (Å²) < 4.78 is 5.30. The number of amides is 2. The molecular weight excluding hydrogens is 310 g/mol. The topological polar surface area (TPSA) is 81.8 Å². The molecule has 24 heavy (non-hydrogen) atoms. The molecular formula is C16H25N5O3. The minimum atomic E-state index is -0.0637. The molecule has 0 atom stereocenters. The Bertz CT molecular complexity index is 574. The third kappa shape index (κ3) is 3.93. The molecule has 2 aliphatic heterocycles. The zero-order valence-corrected chi connectivity index (χ0v) is 14.2. The molecule has 1 aromatic rings. The number of rotatable bonds is 4. The number of nitrogens with one attached hydrogen (secondary N) is 1. The van der Waals surface area contributed by atoms with Gasteiger partial charge in [0.15, 0.2) is 0 Å². The summed E-state index contributed by atoms with van der Waals surface area (Å²) in [6.45, 7) is 7.74. The van der Waals surface area contributed by atoms with Gasteiger partial charge >= 0.3 is 0 Å². The normalized spacial score (nSPS) is 19.5. The van der Waals surface area contributed by atoms with Crippen LogP contribution < -0.4 is 0 Å². The van der Waals surface area contributed by atoms with Gasteiger partial charge in [0, 0.05) is 45.0 Å². The highest BCUT2D eigenvalue weighted by Gasteiger charge is 2.27. The monoisotopic (exact) mass is 335 g/mol. The molecule has 2 saturated heterocycles. The summed E-state index contributed by atoms with van der Waals surface area (Å²) in [6, 6.07) is 1.80. The van der Waals surface area contributed by atoms with Crippen molar-refractivity contribution in [2.75, 3.05) is 59.0 Å². The van der Waals surface area contributed by atoms with Gasteiger partial charge in [-0.3, -0.25) is 19.6 Å². The van der Waals surface area contributed by atoms with Gasteiger partial charge in [-0.15, -0.1) is 0 Å². The van der Waals surface area contributed by atoms with E-state index >= 15 is 0 Å². The number of H-pyrrole nitrogens is 1. The van der Waals surface area contributed by atoms with Crippen molar-refractivity contribution in [3.8, 4) is 0 Å². The van der Waals surface area contributed by atoms with E-state index in [4.69, 9.17) is 4.74 Å². The third-order valence-corrected chi connectivity index (χ3v) is 4.61. The van der Waals surface area contributed by atoms with Crippen LogP contribution in [0.25, 0.3) is 0 Å². The maximum absolute atomic E-state index is 12.4. The van der Waals surface area contributed by atoms with Gasteiger partial charge < -0.3 is 14.5 Å². The third-order valence-electron chi connectivity index (χ3n) is 4.61. The Hall–Kier alpha value is -1.93. The average molecular weight is 335 g/mol. The lowest BCUT2D eigenvalue weighted by Gasteiger charge is -2.36. The number of morpholine rings is 1. The number of hydrogen-bond donors (Lipinski definition) is 1. The van der Waals surface area contributed by atoms with Crippen molar-refractivity contribution in [3.05, 3.63) is 17.5 Å². The predicted octanol–water partition coefficient (Wildman–Crippen LogP) is -0.411. The quantitative estimate of drug-likeness (QED) is 0.809. The number of nitrogens with zero attached hydrogens (tertiary/aromatic N) is 4. The number of hydrogen-bond acceptors (Lipinski definition) is 5. The van der Waals surface area contributed by atoms with Gasteiger partial charge in [0.25, 0.3) is 5.91 Å². The number of aromatic amines is 1. The lowest BCUT2D eigenvalue weighted by atomic mass is 10.2. The molecule has 0 aromatic carbocycles. The number of carbonyl (C=O) groups is 2. The number of piperazine rings is 1. The zero-order chi connectivity index (χ0) is 16.9. The van der Waals surface area contributed by atoms with Gasteiger partial charge in [0.05, 0.1) is 19.8 Å². The number of ether oxygens (including phenoxy) is 1. The van der Waals surface area contributed by atoms with Gasteiger partial charge in [-0.25, -0.2) is 0 Å². The molecule has 2 fully saturated rings. The van der Waals surface area contributed by atoms with Crippen molar-refractivity contribution >= 4 is 11.8 Å². The van der Waals surface area contributed by atoms with Crippen LogP contribution in [0.2, 0.25) is 0 Å². The van der Waals surface area contributed by atoms with Crippen LogP contribution >= 0.6 is 0 Å². The Labute approximate surface area is 141 Å². The minimum Gasteiger partial charge on any atom is -0.379 e. The SMILES string of the molecule is CCc1cc(C(=O)N2CCN(C(=O)CN3CCOCC3)CC2)n[nH]1. The fourth-order valence-electron chi connectivity index (χ4n) is 3.02. The second-order valence-corrected chi connectivity index (χ2v) is 6.19. The maximum Gasteiger partial charge on any atom is 0.274 e. The largest absolute Gasteiger partial charge is 0.379 e. The Morgan fingerprint density at radius 2 is 1.79 bits per heavy atom. The Balaban J connectivity index is 1.47. The number of aromatic nitrogens is 2. The van der Waals surface area contributed by atoms with Gasteiger partial charge in [0.2, 0.25) is 5.91 Å². The molecule has 2 amide bonds. The summed E-state index contributed by atoms with van der Waals surface area (Å²) in [5.74, 6) is 0.0725. The van der Waals surface area contributed by atoms with E-state index in [2.05, 4.69) is 15.1 Å². The molecule has 132 valence electrons. The number of aryl methyl sites for hydroxylation is 1. The molecule has 0 unspecified atom stereocenters. The summed E-state index contributed by atoms with van der Waals surface area (Å²) in [4.78, 5) is 30.6. The minimum absolute atomic E-state index is 0.0637. The molecule has 8 heteroatoms. The van der Waals surface area contributed by atoms with E-state index < -0.39 is 0 Å². The summed E-state index contributed by atoms with van der Waals surface area (Å²) >= 11 is 0. The van der Waals surface area contributed by atoms with Crippen molar-refractivity contribution in [1.82, 2.24) is 24.9 Å². The first-order valence-electron chi connectivity index (χ1n) is 8.59. The molecule has 2 aliphatic rings. The maximum atomic E-state index is 12.4. The van der Waals surface area contributed by atoms with Crippen LogP contribution in [0.15, 0.2) is 6.07 Å². The van der Waals surface area contributed by atoms with Gasteiger partial charge in [-0.2, -0.15) is 5.10 Å². The fraction of sp³-hybridized carbons (Fsp3) is 0.688. The number of carbonyl (C=O) groups excluding carboxylic acids is 2. The molecule has 1 N–H and O–H groups in total. The van der Waals surface area contributed by atoms with Crippen LogP contribution in [0.3, 0.4) is 0 Å². The lowest BCUT2D eigenvalue weighted by Crippen LogP contribution is -2.53. The molecule has 0 saturated carbocycles. The van der Waals surface area contributed by atoms with Crippen LogP contribution in [0, 0.1) is 0 Å². The molecule has 3 rings (SSSR count). The zero-order valence-electron chi connectivity index (χ0n) is 14.2. The van der Waals surface area contributed by atoms with E-state index in [1.54, 1.807) is 11.0 Å². The Morgan fingerprint density at radius 1 is 1.12 bits per heavy atom. The average Bonchev–Trinajstić information content (AvgIpc) is 3.11. The molecule has 0 spiro atoms. The predicted molar refractivity (Wildman–Crippen MR) is 87.7 cm³/mol. The summed E-state index contributed by atoms with van der Waals surface area (Å²) in [5.41, 5.74) is 1.41. The van der Waals surface area contributed by atoms with E-state index in [0.717, 1.165) is 25.2 Å². The van der Waals surface area contributed by atoms with E-state index in [0.29, 0.717) is 51.6 Å². The van der Waals surface area contributed by atoms with Crippen LogP contribution in [0.1, 0.15) is 23.1 Å². The highest BCUT2D eigenvalue weighted by molar-refractivity contribution is 5.92. The van der Waals surface area contributed by atoms with Crippen molar-refractivity contribution in [3.63, 3.8) is 0 Å². The van der Waals surface area contributed by atoms with E-state index in [9.17, 15) is 9.59 Å².